The van der Waals surface area contributed by atoms with E-state index < -0.39 is 0 Å². The summed E-state index contributed by atoms with van der Waals surface area (Å²) in [6, 6.07) is 0.904. The van der Waals surface area contributed by atoms with E-state index >= 15 is 0 Å². The number of aryl methyl sites for hydroxylation is 1. The topological polar surface area (TPSA) is 56.2 Å². The summed E-state index contributed by atoms with van der Waals surface area (Å²) in [6.45, 7) is 2.84. The van der Waals surface area contributed by atoms with Gasteiger partial charge in [-0.05, 0) is 26.2 Å². The Balaban J connectivity index is 2.00. The van der Waals surface area contributed by atoms with Crippen molar-refractivity contribution >= 4 is 5.97 Å². The van der Waals surface area contributed by atoms with Gasteiger partial charge in [-0.2, -0.15) is 0 Å². The molecule has 1 aromatic heterocycles. The van der Waals surface area contributed by atoms with Crippen molar-refractivity contribution in [3.8, 4) is 0 Å². The maximum atomic E-state index is 11.2. The van der Waals surface area contributed by atoms with E-state index in [1.54, 1.807) is 6.33 Å². The fourth-order valence-electron chi connectivity index (χ4n) is 2.49. The minimum absolute atomic E-state index is 0.181. The van der Waals surface area contributed by atoms with Crippen molar-refractivity contribution in [2.45, 2.75) is 51.2 Å². The van der Waals surface area contributed by atoms with Gasteiger partial charge in [0.05, 0.1) is 25.6 Å². The van der Waals surface area contributed by atoms with Gasteiger partial charge in [-0.15, -0.1) is 0 Å². The minimum Gasteiger partial charge on any atom is -0.469 e. The highest BCUT2D eigenvalue weighted by molar-refractivity contribution is 5.68. The molecule has 1 fully saturated rings. The molecule has 1 saturated heterocycles. The summed E-state index contributed by atoms with van der Waals surface area (Å²) in [7, 11) is 1.42. The van der Waals surface area contributed by atoms with Crippen molar-refractivity contribution in [3.63, 3.8) is 0 Å². The zero-order valence-corrected chi connectivity index (χ0v) is 11.1. The quantitative estimate of drug-likeness (QED) is 0.827. The lowest BCUT2D eigenvalue weighted by molar-refractivity contribution is -0.140. The number of aromatic nitrogens is 2. The molecule has 0 aromatic carbocycles. The second-order valence-corrected chi connectivity index (χ2v) is 4.89. The molecule has 18 heavy (non-hydrogen) atoms. The Labute approximate surface area is 108 Å². The molecule has 2 rings (SSSR count). The molecule has 2 unspecified atom stereocenters. The summed E-state index contributed by atoms with van der Waals surface area (Å²) < 4.78 is 6.71. The molecule has 2 heterocycles. The normalized spacial score (nSPS) is 23.9. The van der Waals surface area contributed by atoms with Crippen molar-refractivity contribution in [2.75, 3.05) is 7.11 Å². The SMILES string of the molecule is COC(=O)CCn1cncc1C1CCCC(C)N1. The predicted molar refractivity (Wildman–Crippen MR) is 68.0 cm³/mol. The molecule has 0 radical (unpaired) electrons. The number of hydrogen-bond donors (Lipinski definition) is 1. The Morgan fingerprint density at radius 3 is 3.17 bits per heavy atom. The molecule has 100 valence electrons. The summed E-state index contributed by atoms with van der Waals surface area (Å²) in [5.74, 6) is -0.181. The van der Waals surface area contributed by atoms with Gasteiger partial charge in [0.25, 0.3) is 0 Å². The van der Waals surface area contributed by atoms with Crippen LogP contribution in [0.3, 0.4) is 0 Å². The lowest BCUT2D eigenvalue weighted by Crippen LogP contribution is -2.35. The van der Waals surface area contributed by atoms with Crippen molar-refractivity contribution < 1.29 is 9.53 Å². The van der Waals surface area contributed by atoms with Crippen LogP contribution in [0.5, 0.6) is 0 Å². The molecule has 5 nitrogen and oxygen atoms in total. The summed E-state index contributed by atoms with van der Waals surface area (Å²) in [5.41, 5.74) is 1.17. The molecule has 0 saturated carbocycles. The van der Waals surface area contributed by atoms with Crippen molar-refractivity contribution in [1.29, 1.82) is 0 Å². The third kappa shape index (κ3) is 3.10. The van der Waals surface area contributed by atoms with Gasteiger partial charge < -0.3 is 14.6 Å². The van der Waals surface area contributed by atoms with Gasteiger partial charge in [-0.25, -0.2) is 4.98 Å². The van der Waals surface area contributed by atoms with Crippen LogP contribution in [0.4, 0.5) is 0 Å². The maximum Gasteiger partial charge on any atom is 0.307 e. The highest BCUT2D eigenvalue weighted by atomic mass is 16.5. The van der Waals surface area contributed by atoms with E-state index in [2.05, 4.69) is 22.0 Å². The molecule has 1 aliphatic rings. The Morgan fingerprint density at radius 2 is 2.44 bits per heavy atom. The first-order chi connectivity index (χ1) is 8.70. The van der Waals surface area contributed by atoms with E-state index in [0.29, 0.717) is 25.0 Å². The number of imidazole rings is 1. The molecule has 2 atom stereocenters. The minimum atomic E-state index is -0.181. The molecule has 1 aromatic rings. The number of nitrogens with one attached hydrogen (secondary N) is 1. The average Bonchev–Trinajstić information content (AvgIpc) is 2.84. The lowest BCUT2D eigenvalue weighted by Gasteiger charge is -2.29. The van der Waals surface area contributed by atoms with Crippen LogP contribution in [0, 0.1) is 0 Å². The summed E-state index contributed by atoms with van der Waals surface area (Å²) >= 11 is 0. The number of ether oxygens (including phenoxy) is 1. The molecule has 0 amide bonds. The molecule has 0 bridgehead atoms. The maximum absolute atomic E-state index is 11.2. The number of rotatable bonds is 4. The number of methoxy groups -OCH3 is 1. The van der Waals surface area contributed by atoms with Crippen LogP contribution in [-0.2, 0) is 16.1 Å². The molecule has 0 spiro atoms. The fourth-order valence-corrected chi connectivity index (χ4v) is 2.49. The monoisotopic (exact) mass is 251 g/mol. The van der Waals surface area contributed by atoms with Crippen molar-refractivity contribution in [2.24, 2.45) is 0 Å². The van der Waals surface area contributed by atoms with Gasteiger partial charge >= 0.3 is 5.97 Å². The van der Waals surface area contributed by atoms with E-state index in [-0.39, 0.29) is 5.97 Å². The first-order valence-electron chi connectivity index (χ1n) is 6.53. The van der Waals surface area contributed by atoms with Crippen LogP contribution in [0.25, 0.3) is 0 Å². The average molecular weight is 251 g/mol. The molecular weight excluding hydrogens is 230 g/mol. The first-order valence-corrected chi connectivity index (χ1v) is 6.53. The van der Waals surface area contributed by atoms with Crippen LogP contribution in [0.15, 0.2) is 12.5 Å². The Kier molecular flexibility index (Phi) is 4.36. The number of carbonyl (C=O) groups excluding carboxylic acids is 1. The highest BCUT2D eigenvalue weighted by Crippen LogP contribution is 2.25. The molecule has 1 N–H and O–H groups in total. The Hall–Kier alpha value is -1.36. The molecule has 5 heteroatoms. The number of esters is 1. The fraction of sp³-hybridized carbons (Fsp3) is 0.692. The largest absolute Gasteiger partial charge is 0.469 e. The third-order valence-corrected chi connectivity index (χ3v) is 3.50. The second kappa shape index (κ2) is 6.00. The zero-order chi connectivity index (χ0) is 13.0. The lowest BCUT2D eigenvalue weighted by atomic mass is 9.97. The number of hydrogen-bond acceptors (Lipinski definition) is 4. The smallest absolute Gasteiger partial charge is 0.307 e. The van der Waals surface area contributed by atoms with Gasteiger partial charge in [-0.1, -0.05) is 0 Å². The third-order valence-electron chi connectivity index (χ3n) is 3.50. The second-order valence-electron chi connectivity index (χ2n) is 4.89. The van der Waals surface area contributed by atoms with Crippen molar-refractivity contribution in [1.82, 2.24) is 14.9 Å². The molecule has 0 aliphatic carbocycles. The number of nitrogens with zero attached hydrogens (tertiary/aromatic N) is 2. The zero-order valence-electron chi connectivity index (χ0n) is 11.1. The van der Waals surface area contributed by atoms with E-state index in [0.717, 1.165) is 6.42 Å². The van der Waals surface area contributed by atoms with E-state index in [9.17, 15) is 4.79 Å². The van der Waals surface area contributed by atoms with Crippen LogP contribution in [-0.4, -0.2) is 28.7 Å². The van der Waals surface area contributed by atoms with Crippen LogP contribution in [0.2, 0.25) is 0 Å². The van der Waals surface area contributed by atoms with Crippen LogP contribution >= 0.6 is 0 Å². The first kappa shape index (κ1) is 13.1. The van der Waals surface area contributed by atoms with Gasteiger partial charge in [0.2, 0.25) is 0 Å². The Morgan fingerprint density at radius 1 is 1.61 bits per heavy atom. The van der Waals surface area contributed by atoms with E-state index in [4.69, 9.17) is 0 Å². The van der Waals surface area contributed by atoms with Gasteiger partial charge in [-0.3, -0.25) is 4.79 Å². The summed E-state index contributed by atoms with van der Waals surface area (Å²) in [6.07, 6.45) is 7.68. The molecular formula is C13H21N3O2. The van der Waals surface area contributed by atoms with Crippen LogP contribution in [0.1, 0.15) is 44.3 Å². The Bertz CT molecular complexity index is 403. The van der Waals surface area contributed by atoms with E-state index in [1.807, 2.05) is 10.8 Å². The number of piperidine rings is 1. The summed E-state index contributed by atoms with van der Waals surface area (Å²) in [5, 5.41) is 3.58. The van der Waals surface area contributed by atoms with Gasteiger partial charge in [0, 0.05) is 24.8 Å². The van der Waals surface area contributed by atoms with E-state index in [1.165, 1.54) is 25.6 Å². The standard InChI is InChI=1S/C13H21N3O2/c1-10-4-3-5-11(15-10)12-8-14-9-16(12)7-6-13(17)18-2/h8-11,15H,3-7H2,1-2H3. The molecule has 1 aliphatic heterocycles. The van der Waals surface area contributed by atoms with Gasteiger partial charge in [0.1, 0.15) is 0 Å². The van der Waals surface area contributed by atoms with Crippen LogP contribution < -0.4 is 5.32 Å². The predicted octanol–water partition coefficient (Wildman–Crippen LogP) is 1.65. The summed E-state index contributed by atoms with van der Waals surface area (Å²) in [4.78, 5) is 15.4. The highest BCUT2D eigenvalue weighted by Gasteiger charge is 2.22. The van der Waals surface area contributed by atoms with Crippen molar-refractivity contribution in [3.05, 3.63) is 18.2 Å². The van der Waals surface area contributed by atoms with Gasteiger partial charge in [0.15, 0.2) is 0 Å². The number of carbonyl (C=O) groups is 1.